The van der Waals surface area contributed by atoms with E-state index >= 15 is 0 Å². The normalized spacial score (nSPS) is 10.9. The van der Waals surface area contributed by atoms with Crippen LogP contribution in [0.5, 0.6) is 0 Å². The molecule has 0 aliphatic rings. The van der Waals surface area contributed by atoms with Crippen molar-refractivity contribution in [2.24, 2.45) is 14.1 Å². The van der Waals surface area contributed by atoms with E-state index in [2.05, 4.69) is 6.07 Å². The van der Waals surface area contributed by atoms with Gasteiger partial charge in [0.05, 0.1) is 11.1 Å². The van der Waals surface area contributed by atoms with Crippen LogP contribution in [0.3, 0.4) is 0 Å². The van der Waals surface area contributed by atoms with E-state index in [1.165, 1.54) is 4.57 Å². The largest absolute Gasteiger partial charge is 0.419 e. The number of rotatable bonds is 1. The van der Waals surface area contributed by atoms with E-state index in [9.17, 15) is 4.79 Å². The first-order chi connectivity index (χ1) is 9.52. The molecule has 2 aromatic heterocycles. The quantitative estimate of drug-likeness (QED) is 0.679. The number of benzene rings is 1. The Bertz CT molecular complexity index is 919. The van der Waals surface area contributed by atoms with Crippen molar-refractivity contribution in [3.63, 3.8) is 0 Å². The Morgan fingerprint density at radius 2 is 1.95 bits per heavy atom. The number of nitriles is 1. The number of oxazole rings is 1. The molecule has 5 heteroatoms. The highest BCUT2D eigenvalue weighted by molar-refractivity contribution is 5.80. The van der Waals surface area contributed by atoms with Gasteiger partial charge in [-0.1, -0.05) is 0 Å². The van der Waals surface area contributed by atoms with Crippen LogP contribution in [-0.4, -0.2) is 9.13 Å². The van der Waals surface area contributed by atoms with Gasteiger partial charge >= 0.3 is 5.76 Å². The van der Waals surface area contributed by atoms with Gasteiger partial charge in [-0.15, -0.1) is 0 Å². The highest BCUT2D eigenvalue weighted by Gasteiger charge is 2.13. The zero-order valence-electron chi connectivity index (χ0n) is 11.5. The average Bonchev–Trinajstić information content (AvgIpc) is 2.89. The smallest absolute Gasteiger partial charge is 0.408 e. The minimum Gasteiger partial charge on any atom is -0.408 e. The highest BCUT2D eigenvalue weighted by Crippen LogP contribution is 2.27. The maximum atomic E-state index is 11.5. The predicted molar refractivity (Wildman–Crippen MR) is 75.3 cm³/mol. The molecule has 0 spiro atoms. The third kappa shape index (κ3) is 1.58. The van der Waals surface area contributed by atoms with E-state index in [0.29, 0.717) is 11.1 Å². The van der Waals surface area contributed by atoms with Gasteiger partial charge in [0.25, 0.3) is 0 Å². The molecule has 0 bridgehead atoms. The van der Waals surface area contributed by atoms with Gasteiger partial charge < -0.3 is 8.98 Å². The molecule has 100 valence electrons. The maximum absolute atomic E-state index is 11.5. The van der Waals surface area contributed by atoms with Gasteiger partial charge in [-0.2, -0.15) is 5.26 Å². The molecule has 0 saturated carbocycles. The van der Waals surface area contributed by atoms with Crippen LogP contribution in [0.25, 0.3) is 22.4 Å². The zero-order valence-corrected chi connectivity index (χ0v) is 11.5. The third-order valence-corrected chi connectivity index (χ3v) is 3.74. The highest BCUT2D eigenvalue weighted by atomic mass is 16.4. The Balaban J connectivity index is 2.28. The van der Waals surface area contributed by atoms with Gasteiger partial charge in [-0.05, 0) is 31.2 Å². The van der Waals surface area contributed by atoms with Crippen molar-refractivity contribution in [1.82, 2.24) is 9.13 Å². The van der Waals surface area contributed by atoms with Gasteiger partial charge in [0.15, 0.2) is 5.58 Å². The Kier molecular flexibility index (Phi) is 2.54. The zero-order chi connectivity index (χ0) is 14.4. The predicted octanol–water partition coefficient (Wildman–Crippen LogP) is 2.32. The first-order valence-corrected chi connectivity index (χ1v) is 6.19. The second kappa shape index (κ2) is 4.14. The van der Waals surface area contributed by atoms with Gasteiger partial charge in [0, 0.05) is 31.0 Å². The second-order valence-corrected chi connectivity index (χ2v) is 4.81. The summed E-state index contributed by atoms with van der Waals surface area (Å²) in [7, 11) is 3.60. The lowest BCUT2D eigenvalue weighted by Crippen LogP contribution is -2.08. The summed E-state index contributed by atoms with van der Waals surface area (Å²) >= 11 is 0. The van der Waals surface area contributed by atoms with E-state index < -0.39 is 0 Å². The molecule has 0 N–H and O–H groups in total. The molecule has 0 aliphatic carbocycles. The van der Waals surface area contributed by atoms with Crippen molar-refractivity contribution < 1.29 is 4.42 Å². The maximum Gasteiger partial charge on any atom is 0.419 e. The van der Waals surface area contributed by atoms with Crippen molar-refractivity contribution in [2.45, 2.75) is 6.92 Å². The standard InChI is InChI=1S/C15H13N3O2/c1-9-11(8-16)7-12(17(9)2)10-4-5-14-13(6-10)18(3)15(19)20-14/h4-7H,1-3H3. The monoisotopic (exact) mass is 267 g/mol. The van der Waals surface area contributed by atoms with E-state index in [-0.39, 0.29) is 5.76 Å². The van der Waals surface area contributed by atoms with Gasteiger partial charge in [-0.3, -0.25) is 4.57 Å². The molecule has 3 aromatic rings. The fourth-order valence-corrected chi connectivity index (χ4v) is 2.38. The first-order valence-electron chi connectivity index (χ1n) is 6.19. The summed E-state index contributed by atoms with van der Waals surface area (Å²) in [6, 6.07) is 9.61. The van der Waals surface area contributed by atoms with Crippen LogP contribution in [0.15, 0.2) is 33.5 Å². The molecule has 0 unspecified atom stereocenters. The number of nitrogens with zero attached hydrogens (tertiary/aromatic N) is 3. The number of aryl methyl sites for hydroxylation is 1. The second-order valence-electron chi connectivity index (χ2n) is 4.81. The molecule has 1 aromatic carbocycles. The van der Waals surface area contributed by atoms with Crippen molar-refractivity contribution in [3.8, 4) is 17.3 Å². The minimum atomic E-state index is -0.377. The van der Waals surface area contributed by atoms with Crippen LogP contribution >= 0.6 is 0 Å². The molecule has 20 heavy (non-hydrogen) atoms. The molecule has 3 rings (SSSR count). The summed E-state index contributed by atoms with van der Waals surface area (Å²) in [5.74, 6) is -0.377. The summed E-state index contributed by atoms with van der Waals surface area (Å²) in [5.41, 5.74) is 4.76. The van der Waals surface area contributed by atoms with Crippen LogP contribution in [0.4, 0.5) is 0 Å². The molecule has 0 aliphatic heterocycles. The van der Waals surface area contributed by atoms with E-state index in [4.69, 9.17) is 9.68 Å². The van der Waals surface area contributed by atoms with Crippen LogP contribution in [0, 0.1) is 18.3 Å². The molecule has 5 nitrogen and oxygen atoms in total. The summed E-state index contributed by atoms with van der Waals surface area (Å²) in [6.45, 7) is 1.91. The topological polar surface area (TPSA) is 63.9 Å². The van der Waals surface area contributed by atoms with Crippen LogP contribution < -0.4 is 5.76 Å². The molecule has 0 radical (unpaired) electrons. The Morgan fingerprint density at radius 1 is 1.20 bits per heavy atom. The van der Waals surface area contributed by atoms with Crippen molar-refractivity contribution in [1.29, 1.82) is 5.26 Å². The first kappa shape index (κ1) is 12.3. The number of fused-ring (bicyclic) bond motifs is 1. The molecule has 2 heterocycles. The van der Waals surface area contributed by atoms with Crippen LogP contribution in [-0.2, 0) is 14.1 Å². The number of hydrogen-bond acceptors (Lipinski definition) is 3. The molecule has 0 saturated heterocycles. The van der Waals surface area contributed by atoms with Crippen LogP contribution in [0.2, 0.25) is 0 Å². The Labute approximate surface area is 115 Å². The minimum absolute atomic E-state index is 0.377. The van der Waals surface area contributed by atoms with Crippen molar-refractivity contribution in [2.75, 3.05) is 0 Å². The summed E-state index contributed by atoms with van der Waals surface area (Å²) < 4.78 is 8.56. The summed E-state index contributed by atoms with van der Waals surface area (Å²) in [5, 5.41) is 9.10. The van der Waals surface area contributed by atoms with E-state index in [1.54, 1.807) is 13.1 Å². The van der Waals surface area contributed by atoms with Crippen LogP contribution in [0.1, 0.15) is 11.3 Å². The SMILES string of the molecule is Cc1c(C#N)cc(-c2ccc3oc(=O)n(C)c3c2)n1C. The molecular formula is C15H13N3O2. The summed E-state index contributed by atoms with van der Waals surface area (Å²) in [6.07, 6.45) is 0. The lowest BCUT2D eigenvalue weighted by molar-refractivity contribution is 0.528. The molecule has 0 atom stereocenters. The Hall–Kier alpha value is -2.74. The fourth-order valence-electron chi connectivity index (χ4n) is 2.38. The molecule has 0 amide bonds. The molecule has 0 fully saturated rings. The number of hydrogen-bond donors (Lipinski definition) is 0. The summed E-state index contributed by atoms with van der Waals surface area (Å²) in [4.78, 5) is 11.5. The lowest BCUT2D eigenvalue weighted by Gasteiger charge is -2.05. The van der Waals surface area contributed by atoms with Gasteiger partial charge in [0.2, 0.25) is 0 Å². The fraction of sp³-hybridized carbons (Fsp3) is 0.200. The van der Waals surface area contributed by atoms with E-state index in [0.717, 1.165) is 22.5 Å². The van der Waals surface area contributed by atoms with Gasteiger partial charge in [0.1, 0.15) is 6.07 Å². The van der Waals surface area contributed by atoms with Gasteiger partial charge in [-0.25, -0.2) is 4.79 Å². The van der Waals surface area contributed by atoms with Crippen molar-refractivity contribution >= 4 is 11.1 Å². The third-order valence-electron chi connectivity index (χ3n) is 3.74. The van der Waals surface area contributed by atoms with Crippen molar-refractivity contribution in [3.05, 3.63) is 46.1 Å². The number of aromatic nitrogens is 2. The molecular weight excluding hydrogens is 254 g/mol. The van der Waals surface area contributed by atoms with E-state index in [1.807, 2.05) is 36.7 Å². The average molecular weight is 267 g/mol. The lowest BCUT2D eigenvalue weighted by atomic mass is 10.1. The Morgan fingerprint density at radius 3 is 2.60 bits per heavy atom.